The van der Waals surface area contributed by atoms with E-state index in [-0.39, 0.29) is 11.9 Å². The summed E-state index contributed by atoms with van der Waals surface area (Å²) in [5.41, 5.74) is 2.89. The first-order valence-electron chi connectivity index (χ1n) is 11.7. The average molecular weight is 508 g/mol. The molecule has 9 heteroatoms. The monoisotopic (exact) mass is 507 g/mol. The molecule has 0 fully saturated rings. The minimum Gasteiger partial charge on any atom is -0.369 e. The summed E-state index contributed by atoms with van der Waals surface area (Å²) in [5.74, 6) is 0.982. The molecule has 0 aliphatic rings. The van der Waals surface area contributed by atoms with E-state index in [1.807, 2.05) is 24.3 Å². The van der Waals surface area contributed by atoms with E-state index in [9.17, 15) is 9.59 Å². The first-order chi connectivity index (χ1) is 16.5. The molecule has 2 aromatic rings. The number of rotatable bonds is 14. The molecule has 186 valence electrons. The molecular weight excluding hydrogens is 473 g/mol. The maximum Gasteiger partial charge on any atom is 0.323 e. The van der Waals surface area contributed by atoms with E-state index >= 15 is 0 Å². The Labute approximate surface area is 212 Å². The third kappa shape index (κ3) is 9.79. The van der Waals surface area contributed by atoms with Gasteiger partial charge >= 0.3 is 6.03 Å². The number of hydrogen-bond acceptors (Lipinski definition) is 4. The lowest BCUT2D eigenvalue weighted by atomic mass is 10.2. The van der Waals surface area contributed by atoms with Crippen LogP contribution in [0.1, 0.15) is 26.7 Å². The fourth-order valence-corrected chi connectivity index (χ4v) is 3.93. The number of urea groups is 1. The van der Waals surface area contributed by atoms with Gasteiger partial charge in [0, 0.05) is 54.0 Å². The van der Waals surface area contributed by atoms with Crippen molar-refractivity contribution in [2.24, 2.45) is 0 Å². The van der Waals surface area contributed by atoms with Crippen molar-refractivity contribution >= 4 is 57.9 Å². The van der Waals surface area contributed by atoms with Gasteiger partial charge in [0.15, 0.2) is 0 Å². The quantitative estimate of drug-likeness (QED) is 0.287. The lowest BCUT2D eigenvalue weighted by Crippen LogP contribution is -2.27. The van der Waals surface area contributed by atoms with Crippen LogP contribution in [0, 0.1) is 0 Å². The van der Waals surface area contributed by atoms with E-state index in [2.05, 4.69) is 39.6 Å². The van der Waals surface area contributed by atoms with Crippen molar-refractivity contribution in [3.8, 4) is 0 Å². The number of anilines is 4. The Morgan fingerprint density at radius 3 is 1.97 bits per heavy atom. The highest BCUT2D eigenvalue weighted by Gasteiger charge is 2.09. The van der Waals surface area contributed by atoms with Crippen molar-refractivity contribution in [2.45, 2.75) is 26.7 Å². The Morgan fingerprint density at radius 1 is 0.794 bits per heavy atom. The standard InChI is InChI=1S/C25H35Cl2N5O2/c1-3-31(4-2)16-6-9-24(33)28-21-7-5-8-22(19-21)30-25(34)29-20-10-12-23(13-11-20)32(17-14-26)18-15-27/h5,7-8,10-13,19H,3-4,6,9,14-18H2,1-2H3,(H,28,33)(H2,29,30,34). The van der Waals surface area contributed by atoms with Gasteiger partial charge in [0.05, 0.1) is 0 Å². The largest absolute Gasteiger partial charge is 0.369 e. The Kier molecular flexibility index (Phi) is 12.6. The number of halogens is 2. The van der Waals surface area contributed by atoms with Crippen LogP contribution in [0.3, 0.4) is 0 Å². The molecule has 2 aromatic carbocycles. The lowest BCUT2D eigenvalue weighted by Gasteiger charge is -2.23. The maximum absolute atomic E-state index is 12.4. The summed E-state index contributed by atoms with van der Waals surface area (Å²) in [6.45, 7) is 8.51. The molecule has 0 aliphatic carbocycles. The van der Waals surface area contributed by atoms with Crippen LogP contribution in [0.5, 0.6) is 0 Å². The fraction of sp³-hybridized carbons (Fsp3) is 0.440. The van der Waals surface area contributed by atoms with Crippen LogP contribution in [0.4, 0.5) is 27.5 Å². The van der Waals surface area contributed by atoms with Gasteiger partial charge in [-0.3, -0.25) is 4.79 Å². The maximum atomic E-state index is 12.4. The molecule has 34 heavy (non-hydrogen) atoms. The van der Waals surface area contributed by atoms with E-state index in [0.29, 0.717) is 48.3 Å². The van der Waals surface area contributed by atoms with Gasteiger partial charge < -0.3 is 25.8 Å². The first kappa shape index (κ1) is 27.8. The second kappa shape index (κ2) is 15.4. The molecule has 0 aliphatic heterocycles. The van der Waals surface area contributed by atoms with E-state index in [4.69, 9.17) is 23.2 Å². The molecular formula is C25H35Cl2N5O2. The van der Waals surface area contributed by atoms with Gasteiger partial charge in [-0.15, -0.1) is 23.2 Å². The second-order valence-corrected chi connectivity index (χ2v) is 8.51. The summed E-state index contributed by atoms with van der Waals surface area (Å²) < 4.78 is 0. The summed E-state index contributed by atoms with van der Waals surface area (Å²) in [7, 11) is 0. The summed E-state index contributed by atoms with van der Waals surface area (Å²) >= 11 is 11.7. The lowest BCUT2D eigenvalue weighted by molar-refractivity contribution is -0.116. The fourth-order valence-electron chi connectivity index (χ4n) is 3.52. The number of nitrogens with one attached hydrogen (secondary N) is 3. The number of nitrogens with zero attached hydrogens (tertiary/aromatic N) is 2. The van der Waals surface area contributed by atoms with Crippen LogP contribution in [0.15, 0.2) is 48.5 Å². The molecule has 0 radical (unpaired) electrons. The van der Waals surface area contributed by atoms with E-state index in [1.54, 1.807) is 24.3 Å². The smallest absolute Gasteiger partial charge is 0.323 e. The molecule has 7 nitrogen and oxygen atoms in total. The molecule has 3 amide bonds. The first-order valence-corrected chi connectivity index (χ1v) is 12.7. The molecule has 0 saturated heterocycles. The summed E-state index contributed by atoms with van der Waals surface area (Å²) in [5, 5.41) is 8.52. The zero-order valence-electron chi connectivity index (χ0n) is 19.9. The zero-order valence-corrected chi connectivity index (χ0v) is 21.5. The van der Waals surface area contributed by atoms with Crippen LogP contribution < -0.4 is 20.9 Å². The Hall–Kier alpha value is -2.48. The van der Waals surface area contributed by atoms with Crippen LogP contribution in [0.2, 0.25) is 0 Å². The van der Waals surface area contributed by atoms with Crippen LogP contribution in [-0.2, 0) is 4.79 Å². The SMILES string of the molecule is CCN(CC)CCCC(=O)Nc1cccc(NC(=O)Nc2ccc(N(CCCl)CCCl)cc2)c1. The molecule has 0 unspecified atom stereocenters. The van der Waals surface area contributed by atoms with Gasteiger partial charge in [-0.25, -0.2) is 4.79 Å². The summed E-state index contributed by atoms with van der Waals surface area (Å²) in [4.78, 5) is 29.1. The topological polar surface area (TPSA) is 76.7 Å². The Morgan fingerprint density at radius 2 is 1.38 bits per heavy atom. The van der Waals surface area contributed by atoms with Crippen molar-refractivity contribution in [2.75, 3.05) is 65.3 Å². The van der Waals surface area contributed by atoms with Crippen molar-refractivity contribution in [1.29, 1.82) is 0 Å². The molecule has 2 rings (SSSR count). The number of alkyl halides is 2. The summed E-state index contributed by atoms with van der Waals surface area (Å²) in [6, 6.07) is 14.2. The highest BCUT2D eigenvalue weighted by atomic mass is 35.5. The Bertz CT molecular complexity index is 885. The van der Waals surface area contributed by atoms with E-state index in [0.717, 1.165) is 31.7 Å². The number of hydrogen-bond donors (Lipinski definition) is 3. The van der Waals surface area contributed by atoms with Gasteiger partial charge in [-0.05, 0) is 68.5 Å². The number of carbonyl (C=O) groups is 2. The molecule has 3 N–H and O–H groups in total. The third-order valence-electron chi connectivity index (χ3n) is 5.38. The predicted octanol–water partition coefficient (Wildman–Crippen LogP) is 5.68. The van der Waals surface area contributed by atoms with Crippen molar-refractivity contribution in [3.63, 3.8) is 0 Å². The molecule has 0 bridgehead atoms. The highest BCUT2D eigenvalue weighted by Crippen LogP contribution is 2.19. The normalized spacial score (nSPS) is 10.7. The van der Waals surface area contributed by atoms with Gasteiger partial charge in [0.1, 0.15) is 0 Å². The third-order valence-corrected chi connectivity index (χ3v) is 5.71. The van der Waals surface area contributed by atoms with Gasteiger partial charge in [-0.2, -0.15) is 0 Å². The number of benzene rings is 2. The van der Waals surface area contributed by atoms with Gasteiger partial charge in [0.2, 0.25) is 5.91 Å². The predicted molar refractivity (Wildman–Crippen MR) is 145 cm³/mol. The highest BCUT2D eigenvalue weighted by molar-refractivity contribution is 6.18. The summed E-state index contributed by atoms with van der Waals surface area (Å²) in [6.07, 6.45) is 1.26. The Balaban J connectivity index is 1.86. The molecule has 0 aromatic heterocycles. The van der Waals surface area contributed by atoms with Crippen LogP contribution in [0.25, 0.3) is 0 Å². The van der Waals surface area contributed by atoms with Crippen molar-refractivity contribution in [1.82, 2.24) is 4.90 Å². The number of carbonyl (C=O) groups excluding carboxylic acids is 2. The van der Waals surface area contributed by atoms with Crippen molar-refractivity contribution in [3.05, 3.63) is 48.5 Å². The van der Waals surface area contributed by atoms with Crippen LogP contribution in [-0.4, -0.2) is 61.3 Å². The van der Waals surface area contributed by atoms with Crippen molar-refractivity contribution < 1.29 is 9.59 Å². The molecule has 0 saturated carbocycles. The van der Waals surface area contributed by atoms with E-state index in [1.165, 1.54) is 0 Å². The molecule has 0 heterocycles. The zero-order chi connectivity index (χ0) is 24.8. The molecule has 0 atom stereocenters. The average Bonchev–Trinajstić information content (AvgIpc) is 2.82. The van der Waals surface area contributed by atoms with Gasteiger partial charge in [-0.1, -0.05) is 19.9 Å². The number of amides is 3. The minimum atomic E-state index is -0.367. The second-order valence-electron chi connectivity index (χ2n) is 7.75. The van der Waals surface area contributed by atoms with E-state index < -0.39 is 0 Å². The van der Waals surface area contributed by atoms with Crippen LogP contribution >= 0.6 is 23.2 Å². The van der Waals surface area contributed by atoms with Gasteiger partial charge in [0.25, 0.3) is 0 Å². The minimum absolute atomic E-state index is 0.0359. The molecule has 0 spiro atoms.